The van der Waals surface area contributed by atoms with Gasteiger partial charge < -0.3 is 20.5 Å². The molecule has 24 heavy (non-hydrogen) atoms. The van der Waals surface area contributed by atoms with Crippen molar-refractivity contribution in [1.29, 1.82) is 0 Å². The molecule has 2 aliphatic heterocycles. The van der Waals surface area contributed by atoms with Gasteiger partial charge in [-0.25, -0.2) is 0 Å². The molecule has 3 heterocycles. The molecular weight excluding hydrogens is 326 g/mol. The van der Waals surface area contributed by atoms with E-state index in [1.54, 1.807) is 11.3 Å². The Morgan fingerprint density at radius 3 is 2.67 bits per heavy atom. The Bertz CT molecular complexity index is 499. The second kappa shape index (κ2) is 8.92. The van der Waals surface area contributed by atoms with Crippen molar-refractivity contribution in [2.24, 2.45) is 11.7 Å². The summed E-state index contributed by atoms with van der Waals surface area (Å²) in [6.45, 7) is 5.29. The summed E-state index contributed by atoms with van der Waals surface area (Å²) in [4.78, 5) is 16.1. The highest BCUT2D eigenvalue weighted by Gasteiger charge is 2.28. The van der Waals surface area contributed by atoms with E-state index in [1.165, 1.54) is 4.88 Å². The highest BCUT2D eigenvalue weighted by atomic mass is 32.1. The zero-order chi connectivity index (χ0) is 16.8. The Hall–Kier alpha value is -0.990. The zero-order valence-electron chi connectivity index (χ0n) is 14.0. The van der Waals surface area contributed by atoms with E-state index in [0.717, 1.165) is 39.1 Å². The molecule has 2 saturated heterocycles. The van der Waals surface area contributed by atoms with Gasteiger partial charge in [0.25, 0.3) is 0 Å². The minimum absolute atomic E-state index is 0.0447. The number of carbonyl (C=O) groups is 1. The molecule has 2 fully saturated rings. The third-order valence-electron chi connectivity index (χ3n) is 4.90. The summed E-state index contributed by atoms with van der Waals surface area (Å²) in [6, 6.07) is 3.94. The number of amides is 1. The van der Waals surface area contributed by atoms with Gasteiger partial charge in [-0.05, 0) is 30.2 Å². The van der Waals surface area contributed by atoms with Crippen LogP contribution >= 0.6 is 11.3 Å². The van der Waals surface area contributed by atoms with Crippen LogP contribution in [0.3, 0.4) is 0 Å². The highest BCUT2D eigenvalue weighted by Crippen LogP contribution is 2.25. The number of morpholine rings is 1. The van der Waals surface area contributed by atoms with Crippen molar-refractivity contribution in [3.05, 3.63) is 22.4 Å². The number of carbonyl (C=O) groups excluding carboxylic acids is 1. The Labute approximate surface area is 147 Å². The molecule has 0 radical (unpaired) electrons. The lowest BCUT2D eigenvalue weighted by Gasteiger charge is -2.34. The number of ether oxygens (including phenoxy) is 2. The Morgan fingerprint density at radius 1 is 1.29 bits per heavy atom. The first-order valence-electron chi connectivity index (χ1n) is 8.72. The molecule has 2 unspecified atom stereocenters. The van der Waals surface area contributed by atoms with E-state index in [2.05, 4.69) is 27.7 Å². The van der Waals surface area contributed by atoms with Crippen molar-refractivity contribution in [3.63, 3.8) is 0 Å². The molecule has 3 rings (SSSR count). The fourth-order valence-electron chi connectivity index (χ4n) is 3.38. The van der Waals surface area contributed by atoms with Crippen molar-refractivity contribution in [1.82, 2.24) is 10.2 Å². The molecule has 1 aromatic rings. The minimum Gasteiger partial charge on any atom is -0.381 e. The van der Waals surface area contributed by atoms with Gasteiger partial charge in [0.15, 0.2) is 0 Å². The molecule has 1 amide bonds. The maximum absolute atomic E-state index is 12.5. The minimum atomic E-state index is -0.442. The second-order valence-electron chi connectivity index (χ2n) is 6.40. The fraction of sp³-hybridized carbons (Fsp3) is 0.706. The van der Waals surface area contributed by atoms with E-state index >= 15 is 0 Å². The van der Waals surface area contributed by atoms with Gasteiger partial charge >= 0.3 is 0 Å². The molecular formula is C17H27N3O3S. The molecule has 6 nitrogen and oxygen atoms in total. The lowest BCUT2D eigenvalue weighted by Crippen LogP contribution is -2.50. The predicted molar refractivity (Wildman–Crippen MR) is 94.0 cm³/mol. The maximum atomic E-state index is 12.5. The van der Waals surface area contributed by atoms with E-state index in [9.17, 15) is 4.79 Å². The van der Waals surface area contributed by atoms with Crippen molar-refractivity contribution < 1.29 is 14.3 Å². The summed E-state index contributed by atoms with van der Waals surface area (Å²) in [5.74, 6) is 0.180. The van der Waals surface area contributed by atoms with E-state index < -0.39 is 6.04 Å². The Kier molecular flexibility index (Phi) is 6.62. The molecule has 0 aliphatic carbocycles. The van der Waals surface area contributed by atoms with E-state index in [4.69, 9.17) is 15.2 Å². The van der Waals surface area contributed by atoms with Gasteiger partial charge in [-0.3, -0.25) is 9.69 Å². The van der Waals surface area contributed by atoms with Gasteiger partial charge in [0.1, 0.15) is 0 Å². The van der Waals surface area contributed by atoms with Crippen LogP contribution in [0.1, 0.15) is 23.8 Å². The predicted octanol–water partition coefficient (Wildman–Crippen LogP) is 0.991. The molecule has 0 bridgehead atoms. The van der Waals surface area contributed by atoms with Gasteiger partial charge in [0.05, 0.1) is 25.3 Å². The van der Waals surface area contributed by atoms with Crippen LogP contribution in [0, 0.1) is 5.92 Å². The number of rotatable bonds is 6. The van der Waals surface area contributed by atoms with Crippen LogP contribution in [0.2, 0.25) is 0 Å². The zero-order valence-corrected chi connectivity index (χ0v) is 14.8. The number of hydrogen-bond acceptors (Lipinski definition) is 6. The summed E-state index contributed by atoms with van der Waals surface area (Å²) in [7, 11) is 0. The first-order valence-corrected chi connectivity index (χ1v) is 9.60. The standard InChI is InChI=1S/C17H27N3O3S/c18-16(13-3-7-22-8-4-13)17(21)19-12-14(15-2-1-11-24-15)20-5-9-23-10-6-20/h1-2,11,13-14,16H,3-10,12,18H2,(H,19,21). The summed E-state index contributed by atoms with van der Waals surface area (Å²) in [6.07, 6.45) is 1.73. The van der Waals surface area contributed by atoms with Crippen molar-refractivity contribution in [3.8, 4) is 0 Å². The average Bonchev–Trinajstić information content (AvgIpc) is 3.17. The third kappa shape index (κ3) is 4.55. The maximum Gasteiger partial charge on any atom is 0.237 e. The number of nitrogens with one attached hydrogen (secondary N) is 1. The molecule has 134 valence electrons. The van der Waals surface area contributed by atoms with Gasteiger partial charge in [-0.2, -0.15) is 0 Å². The quantitative estimate of drug-likeness (QED) is 0.798. The molecule has 0 spiro atoms. The molecule has 3 N–H and O–H groups in total. The van der Waals surface area contributed by atoms with Crippen LogP contribution in [-0.2, 0) is 14.3 Å². The van der Waals surface area contributed by atoms with Crippen LogP contribution in [0.4, 0.5) is 0 Å². The van der Waals surface area contributed by atoms with E-state index in [1.807, 2.05) is 0 Å². The van der Waals surface area contributed by atoms with Crippen molar-refractivity contribution in [2.45, 2.75) is 24.9 Å². The number of thiophene rings is 1. The lowest BCUT2D eigenvalue weighted by atomic mass is 9.92. The molecule has 7 heteroatoms. The average molecular weight is 353 g/mol. The van der Waals surface area contributed by atoms with Gasteiger partial charge in [-0.1, -0.05) is 6.07 Å². The number of nitrogens with two attached hydrogens (primary N) is 1. The fourth-order valence-corrected chi connectivity index (χ4v) is 4.24. The molecule has 2 atom stereocenters. The lowest BCUT2D eigenvalue weighted by molar-refractivity contribution is -0.124. The smallest absolute Gasteiger partial charge is 0.237 e. The van der Waals surface area contributed by atoms with Crippen molar-refractivity contribution >= 4 is 17.2 Å². The SMILES string of the molecule is NC(C(=O)NCC(c1cccs1)N1CCOCC1)C1CCOCC1. The number of nitrogens with zero attached hydrogens (tertiary/aromatic N) is 1. The largest absolute Gasteiger partial charge is 0.381 e. The van der Waals surface area contributed by atoms with Crippen LogP contribution in [0.15, 0.2) is 17.5 Å². The van der Waals surface area contributed by atoms with Gasteiger partial charge in [0.2, 0.25) is 5.91 Å². The molecule has 0 saturated carbocycles. The first-order chi connectivity index (χ1) is 11.8. The van der Waals surface area contributed by atoms with Crippen LogP contribution < -0.4 is 11.1 Å². The van der Waals surface area contributed by atoms with Crippen LogP contribution in [-0.4, -0.2) is 62.9 Å². The molecule has 2 aliphatic rings. The van der Waals surface area contributed by atoms with E-state index in [0.29, 0.717) is 19.8 Å². The molecule has 1 aromatic heterocycles. The summed E-state index contributed by atoms with van der Waals surface area (Å²) >= 11 is 1.73. The van der Waals surface area contributed by atoms with Gasteiger partial charge in [0, 0.05) is 37.7 Å². The first kappa shape index (κ1) is 17.8. The normalized spacial score (nSPS) is 22.9. The van der Waals surface area contributed by atoms with Crippen LogP contribution in [0.5, 0.6) is 0 Å². The Morgan fingerprint density at radius 2 is 2.00 bits per heavy atom. The Balaban J connectivity index is 1.57. The van der Waals surface area contributed by atoms with Gasteiger partial charge in [-0.15, -0.1) is 11.3 Å². The second-order valence-corrected chi connectivity index (χ2v) is 7.38. The highest BCUT2D eigenvalue weighted by molar-refractivity contribution is 7.10. The monoisotopic (exact) mass is 353 g/mol. The third-order valence-corrected chi connectivity index (χ3v) is 5.88. The summed E-state index contributed by atoms with van der Waals surface area (Å²) < 4.78 is 10.8. The van der Waals surface area contributed by atoms with Crippen molar-refractivity contribution in [2.75, 3.05) is 46.1 Å². The van der Waals surface area contributed by atoms with Crippen LogP contribution in [0.25, 0.3) is 0 Å². The number of hydrogen-bond donors (Lipinski definition) is 2. The molecule has 0 aromatic carbocycles. The topological polar surface area (TPSA) is 76.8 Å². The van der Waals surface area contributed by atoms with E-state index in [-0.39, 0.29) is 17.9 Å². The summed E-state index contributed by atoms with van der Waals surface area (Å²) in [5.41, 5.74) is 6.18. The summed E-state index contributed by atoms with van der Waals surface area (Å²) in [5, 5.41) is 5.17.